The van der Waals surface area contributed by atoms with Crippen LogP contribution in [-0.2, 0) is 5.92 Å². The number of aromatic nitrogens is 2. The Morgan fingerprint density at radius 1 is 1.08 bits per heavy atom. The number of nitrogens with zero attached hydrogens (tertiary/aromatic N) is 3. The number of alkyl halides is 2. The molecule has 0 fully saturated rings. The molecular weight excluding hydrogens is 356 g/mol. The zero-order valence-electron chi connectivity index (χ0n) is 14.9. The van der Waals surface area contributed by atoms with Gasteiger partial charge in [0.1, 0.15) is 17.7 Å². The van der Waals surface area contributed by atoms with Crippen molar-refractivity contribution < 1.29 is 8.78 Å². The number of rotatable bonds is 0. The first-order valence-corrected chi connectivity index (χ1v) is 8.73. The molecule has 2 heterocycles. The highest BCUT2D eigenvalue weighted by atomic mass is 35.5. The Morgan fingerprint density at radius 3 is 2.54 bits per heavy atom. The van der Waals surface area contributed by atoms with E-state index < -0.39 is 11.5 Å². The second-order valence-corrected chi connectivity index (χ2v) is 7.68. The molecule has 4 rings (SSSR count). The van der Waals surface area contributed by atoms with Crippen molar-refractivity contribution in [2.75, 3.05) is 0 Å². The number of benzene rings is 2. The maximum atomic E-state index is 15.0. The molecule has 0 aliphatic carbocycles. The van der Waals surface area contributed by atoms with Gasteiger partial charge in [-0.2, -0.15) is 8.78 Å². The lowest BCUT2D eigenvalue weighted by Crippen LogP contribution is -2.45. The summed E-state index contributed by atoms with van der Waals surface area (Å²) in [5, 5.41) is 0.280. The van der Waals surface area contributed by atoms with Crippen molar-refractivity contribution in [1.82, 2.24) is 9.55 Å². The second kappa shape index (κ2) is 5.36. The Labute approximate surface area is 155 Å². The topological polar surface area (TPSA) is 30.2 Å². The fraction of sp³-hybridized carbons (Fsp3) is 0.300. The van der Waals surface area contributed by atoms with Gasteiger partial charge in [-0.1, -0.05) is 17.7 Å². The predicted molar refractivity (Wildman–Crippen MR) is 101 cm³/mol. The van der Waals surface area contributed by atoms with Gasteiger partial charge in [0.2, 0.25) is 0 Å². The molecule has 1 aliphatic rings. The van der Waals surface area contributed by atoms with E-state index in [2.05, 4.69) is 9.98 Å². The lowest BCUT2D eigenvalue weighted by Gasteiger charge is -2.37. The summed E-state index contributed by atoms with van der Waals surface area (Å²) >= 11 is 6.01. The standard InChI is InChI=1S/C20H18ClF2N3/c1-11-5-8-16-17(12(11)2)24-10-26(16)18-14-7-6-13(21)9-15(14)20(22,23)19(3,4)25-18/h5-10H,1-4H3. The maximum Gasteiger partial charge on any atom is 0.298 e. The molecule has 3 aromatic rings. The van der Waals surface area contributed by atoms with Crippen molar-refractivity contribution in [3.05, 3.63) is 63.9 Å². The smallest absolute Gasteiger partial charge is 0.283 e. The van der Waals surface area contributed by atoms with Gasteiger partial charge in [0, 0.05) is 16.1 Å². The highest BCUT2D eigenvalue weighted by Crippen LogP contribution is 2.47. The van der Waals surface area contributed by atoms with Gasteiger partial charge in [-0.15, -0.1) is 0 Å². The van der Waals surface area contributed by atoms with Crippen LogP contribution in [-0.4, -0.2) is 20.9 Å². The molecule has 0 radical (unpaired) electrons. The molecule has 26 heavy (non-hydrogen) atoms. The van der Waals surface area contributed by atoms with Crippen molar-refractivity contribution in [2.45, 2.75) is 39.2 Å². The monoisotopic (exact) mass is 373 g/mol. The fourth-order valence-electron chi connectivity index (χ4n) is 3.37. The Balaban J connectivity index is 2.04. The van der Waals surface area contributed by atoms with E-state index >= 15 is 8.78 Å². The van der Waals surface area contributed by atoms with Crippen LogP contribution in [0, 0.1) is 13.8 Å². The van der Waals surface area contributed by atoms with Crippen molar-refractivity contribution in [3.63, 3.8) is 0 Å². The zero-order valence-corrected chi connectivity index (χ0v) is 15.7. The van der Waals surface area contributed by atoms with Crippen molar-refractivity contribution in [2.24, 2.45) is 4.99 Å². The molecule has 1 aliphatic heterocycles. The molecule has 0 spiro atoms. The van der Waals surface area contributed by atoms with Crippen LogP contribution in [0.4, 0.5) is 8.78 Å². The summed E-state index contributed by atoms with van der Waals surface area (Å²) in [5.41, 5.74) is 2.55. The average molecular weight is 374 g/mol. The van der Waals surface area contributed by atoms with Crippen molar-refractivity contribution in [3.8, 4) is 0 Å². The third-order valence-corrected chi connectivity index (χ3v) is 5.42. The van der Waals surface area contributed by atoms with Crippen LogP contribution in [0.3, 0.4) is 0 Å². The highest BCUT2D eigenvalue weighted by Gasteiger charge is 2.53. The predicted octanol–water partition coefficient (Wildman–Crippen LogP) is 5.49. The van der Waals surface area contributed by atoms with E-state index in [-0.39, 0.29) is 10.6 Å². The SMILES string of the molecule is Cc1ccc2c(ncn2C2=NC(C)(C)C(F)(F)c3cc(Cl)ccc32)c1C. The molecule has 0 amide bonds. The summed E-state index contributed by atoms with van der Waals surface area (Å²) in [4.78, 5) is 8.93. The van der Waals surface area contributed by atoms with E-state index in [1.807, 2.05) is 26.0 Å². The van der Waals surface area contributed by atoms with Gasteiger partial charge in [0.05, 0.1) is 11.0 Å². The number of fused-ring (bicyclic) bond motifs is 2. The summed E-state index contributed by atoms with van der Waals surface area (Å²) in [6, 6.07) is 8.50. The third-order valence-electron chi connectivity index (χ3n) is 5.19. The molecule has 134 valence electrons. The lowest BCUT2D eigenvalue weighted by molar-refractivity contribution is -0.0684. The Hall–Kier alpha value is -2.27. The quantitative estimate of drug-likeness (QED) is 0.512. The summed E-state index contributed by atoms with van der Waals surface area (Å²) in [7, 11) is 0. The minimum absolute atomic E-state index is 0.106. The Kier molecular flexibility index (Phi) is 3.54. The van der Waals surface area contributed by atoms with Gasteiger partial charge < -0.3 is 0 Å². The second-order valence-electron chi connectivity index (χ2n) is 7.25. The summed E-state index contributed by atoms with van der Waals surface area (Å²) in [6.45, 7) is 6.90. The lowest BCUT2D eigenvalue weighted by atomic mass is 9.84. The van der Waals surface area contributed by atoms with Crippen LogP contribution in [0.1, 0.15) is 36.1 Å². The van der Waals surface area contributed by atoms with E-state index in [9.17, 15) is 0 Å². The summed E-state index contributed by atoms with van der Waals surface area (Å²) in [5.74, 6) is -2.67. The molecule has 0 bridgehead atoms. The zero-order chi connectivity index (χ0) is 18.9. The van der Waals surface area contributed by atoms with Crippen molar-refractivity contribution >= 4 is 28.5 Å². The van der Waals surface area contributed by atoms with Gasteiger partial charge >= 0.3 is 0 Å². The van der Waals surface area contributed by atoms with Gasteiger partial charge in [-0.25, -0.2) is 4.98 Å². The molecule has 6 heteroatoms. The largest absolute Gasteiger partial charge is 0.298 e. The van der Waals surface area contributed by atoms with Crippen LogP contribution in [0.25, 0.3) is 11.0 Å². The molecule has 0 N–H and O–H groups in total. The molecule has 0 saturated heterocycles. The molecular formula is C20H18ClF2N3. The Bertz CT molecular complexity index is 1080. The minimum atomic E-state index is -3.13. The van der Waals surface area contributed by atoms with Crippen LogP contribution >= 0.6 is 11.6 Å². The van der Waals surface area contributed by atoms with E-state index in [1.54, 1.807) is 23.0 Å². The Morgan fingerprint density at radius 2 is 1.81 bits per heavy atom. The molecule has 0 saturated carbocycles. The molecule has 3 nitrogen and oxygen atoms in total. The van der Waals surface area contributed by atoms with Gasteiger partial charge in [0.15, 0.2) is 0 Å². The van der Waals surface area contributed by atoms with Crippen LogP contribution in [0.2, 0.25) is 5.02 Å². The van der Waals surface area contributed by atoms with E-state index in [0.29, 0.717) is 11.4 Å². The minimum Gasteiger partial charge on any atom is -0.283 e. The normalized spacial score (nSPS) is 17.9. The number of aliphatic imine (C=N–C) groups is 1. The maximum absolute atomic E-state index is 15.0. The van der Waals surface area contributed by atoms with Gasteiger partial charge in [-0.05, 0) is 63.1 Å². The van der Waals surface area contributed by atoms with Crippen molar-refractivity contribution in [1.29, 1.82) is 0 Å². The van der Waals surface area contributed by atoms with Crippen LogP contribution in [0.5, 0.6) is 0 Å². The van der Waals surface area contributed by atoms with E-state index in [4.69, 9.17) is 11.6 Å². The van der Waals surface area contributed by atoms with E-state index in [1.165, 1.54) is 19.9 Å². The van der Waals surface area contributed by atoms with Gasteiger partial charge in [0.25, 0.3) is 5.92 Å². The van der Waals surface area contributed by atoms with Crippen LogP contribution < -0.4 is 0 Å². The summed E-state index contributed by atoms with van der Waals surface area (Å²) < 4.78 is 31.8. The van der Waals surface area contributed by atoms with Crippen LogP contribution in [0.15, 0.2) is 41.7 Å². The fourth-order valence-corrected chi connectivity index (χ4v) is 3.54. The van der Waals surface area contributed by atoms with E-state index in [0.717, 1.165) is 22.2 Å². The molecule has 1 aromatic heterocycles. The number of hydrogen-bond acceptors (Lipinski definition) is 2. The molecule has 0 unspecified atom stereocenters. The number of hydrogen-bond donors (Lipinski definition) is 0. The first-order chi connectivity index (χ1) is 12.1. The summed E-state index contributed by atoms with van der Waals surface area (Å²) in [6.07, 6.45) is 1.65. The van der Waals surface area contributed by atoms with Gasteiger partial charge in [-0.3, -0.25) is 9.56 Å². The first kappa shape index (κ1) is 17.2. The first-order valence-electron chi connectivity index (χ1n) is 8.35. The average Bonchev–Trinajstić information content (AvgIpc) is 2.99. The highest BCUT2D eigenvalue weighted by molar-refractivity contribution is 6.30. The number of imidazole rings is 1. The third kappa shape index (κ3) is 2.23. The number of aryl methyl sites for hydroxylation is 2. The number of halogens is 3. The molecule has 2 aromatic carbocycles. The molecule has 0 atom stereocenters.